The second-order valence-corrected chi connectivity index (χ2v) is 5.17. The minimum absolute atomic E-state index is 0.0214. The first kappa shape index (κ1) is 15.9. The van der Waals surface area contributed by atoms with Crippen LogP contribution in [-0.4, -0.2) is 50.8 Å². The predicted molar refractivity (Wildman–Crippen MR) is 80.5 cm³/mol. The topological polar surface area (TPSA) is 78.1 Å². The van der Waals surface area contributed by atoms with Crippen LogP contribution < -0.4 is 5.56 Å². The zero-order valence-corrected chi connectivity index (χ0v) is 12.3. The van der Waals surface area contributed by atoms with E-state index in [0.717, 1.165) is 0 Å². The molecule has 2 heterocycles. The molecular weight excluding hydrogens is 294 g/mol. The lowest BCUT2D eigenvalue weighted by atomic mass is 10.3. The van der Waals surface area contributed by atoms with Crippen molar-refractivity contribution in [2.45, 2.75) is 13.0 Å². The van der Waals surface area contributed by atoms with Crippen LogP contribution in [0.5, 0.6) is 0 Å². The largest absolute Gasteiger partial charge is 0.396 e. The summed E-state index contributed by atoms with van der Waals surface area (Å²) in [5, 5.41) is 18.4. The van der Waals surface area contributed by atoms with Gasteiger partial charge in [0.15, 0.2) is 0 Å². The molecule has 0 spiro atoms. The Morgan fingerprint density at radius 2 is 2.05 bits per heavy atom. The zero-order chi connectivity index (χ0) is 15.2. The fraction of sp³-hybridized carbons (Fsp3) is 0.429. The lowest BCUT2D eigenvalue weighted by Crippen LogP contribution is -2.29. The van der Waals surface area contributed by atoms with Gasteiger partial charge in [0.25, 0.3) is 5.56 Å². The van der Waals surface area contributed by atoms with E-state index < -0.39 is 0 Å². The third kappa shape index (κ3) is 4.25. The van der Waals surface area contributed by atoms with Gasteiger partial charge in [0.05, 0.1) is 17.3 Å². The second-order valence-electron chi connectivity index (χ2n) is 4.74. The van der Waals surface area contributed by atoms with Crippen molar-refractivity contribution in [2.75, 3.05) is 26.3 Å². The number of hydrogen-bond donors (Lipinski definition) is 2. The number of halogens is 1. The first-order chi connectivity index (χ1) is 10.1. The van der Waals surface area contributed by atoms with E-state index in [1.807, 2.05) is 4.90 Å². The lowest BCUT2D eigenvalue weighted by molar-refractivity contribution is 0.173. The number of nitrogens with zero attached hydrogens (tertiary/aromatic N) is 3. The molecule has 0 aliphatic heterocycles. The molecule has 0 amide bonds. The smallest absolute Gasteiger partial charge is 0.258 e. The second kappa shape index (κ2) is 7.51. The zero-order valence-electron chi connectivity index (χ0n) is 11.6. The number of aromatic nitrogens is 2. The molecule has 21 heavy (non-hydrogen) atoms. The summed E-state index contributed by atoms with van der Waals surface area (Å²) in [5.41, 5.74) is 0.977. The summed E-state index contributed by atoms with van der Waals surface area (Å²) in [4.78, 5) is 18.4. The summed E-state index contributed by atoms with van der Waals surface area (Å²) in [6, 6.07) is 4.84. The quantitative estimate of drug-likeness (QED) is 0.779. The van der Waals surface area contributed by atoms with Crippen molar-refractivity contribution in [1.82, 2.24) is 14.3 Å². The Hall–Kier alpha value is -1.47. The molecular formula is C14H18ClN3O3. The molecule has 7 heteroatoms. The van der Waals surface area contributed by atoms with Crippen LogP contribution in [0.15, 0.2) is 29.2 Å². The number of rotatable bonds is 7. The van der Waals surface area contributed by atoms with E-state index in [0.29, 0.717) is 42.4 Å². The van der Waals surface area contributed by atoms with Crippen LogP contribution in [0.1, 0.15) is 12.1 Å². The molecule has 0 bridgehead atoms. The van der Waals surface area contributed by atoms with E-state index in [1.165, 1.54) is 16.7 Å². The van der Waals surface area contributed by atoms with Gasteiger partial charge in [-0.2, -0.15) is 0 Å². The Balaban J connectivity index is 2.25. The first-order valence-electron chi connectivity index (χ1n) is 6.76. The molecule has 2 N–H and O–H groups in total. The number of pyridine rings is 1. The Labute approximate surface area is 127 Å². The summed E-state index contributed by atoms with van der Waals surface area (Å²) < 4.78 is 1.40. The fourth-order valence-electron chi connectivity index (χ4n) is 2.14. The molecule has 114 valence electrons. The molecule has 0 aliphatic rings. The molecule has 2 aromatic heterocycles. The van der Waals surface area contributed by atoms with Gasteiger partial charge in [-0.1, -0.05) is 11.6 Å². The SMILES string of the molecule is O=c1cc(CN(CCO)CCCO)nc2ccc(Cl)cn12. The van der Waals surface area contributed by atoms with Crippen molar-refractivity contribution in [2.24, 2.45) is 0 Å². The molecule has 0 aliphatic carbocycles. The molecule has 0 atom stereocenters. The highest BCUT2D eigenvalue weighted by molar-refractivity contribution is 6.30. The Morgan fingerprint density at radius 3 is 2.76 bits per heavy atom. The van der Waals surface area contributed by atoms with Crippen LogP contribution in [0.25, 0.3) is 5.65 Å². The van der Waals surface area contributed by atoms with Crippen LogP contribution >= 0.6 is 11.6 Å². The van der Waals surface area contributed by atoms with Crippen LogP contribution in [0.3, 0.4) is 0 Å². The fourth-order valence-corrected chi connectivity index (χ4v) is 2.30. The van der Waals surface area contributed by atoms with Crippen LogP contribution in [0.4, 0.5) is 0 Å². The van der Waals surface area contributed by atoms with Crippen molar-refractivity contribution >= 4 is 17.2 Å². The van der Waals surface area contributed by atoms with E-state index in [1.54, 1.807) is 12.1 Å². The molecule has 6 nitrogen and oxygen atoms in total. The number of aliphatic hydroxyl groups excluding tert-OH is 2. The van der Waals surface area contributed by atoms with Crippen LogP contribution in [0, 0.1) is 0 Å². The van der Waals surface area contributed by atoms with E-state index >= 15 is 0 Å². The maximum Gasteiger partial charge on any atom is 0.258 e. The van der Waals surface area contributed by atoms with Crippen molar-refractivity contribution in [3.63, 3.8) is 0 Å². The minimum Gasteiger partial charge on any atom is -0.396 e. The number of hydrogen-bond acceptors (Lipinski definition) is 5. The van der Waals surface area contributed by atoms with E-state index in [9.17, 15) is 4.79 Å². The van der Waals surface area contributed by atoms with Crippen molar-refractivity contribution in [1.29, 1.82) is 0 Å². The first-order valence-corrected chi connectivity index (χ1v) is 7.14. The average molecular weight is 312 g/mol. The summed E-state index contributed by atoms with van der Waals surface area (Å²) in [6.07, 6.45) is 2.15. The highest BCUT2D eigenvalue weighted by atomic mass is 35.5. The van der Waals surface area contributed by atoms with Gasteiger partial charge in [0.1, 0.15) is 5.65 Å². The van der Waals surface area contributed by atoms with Crippen molar-refractivity contribution in [3.05, 3.63) is 45.5 Å². The standard InChI is InChI=1S/C14H18ClN3O3/c15-11-2-3-13-16-12(8-14(21)18(13)9-11)10-17(5-7-20)4-1-6-19/h2-3,8-9,19-20H,1,4-7,10H2. The highest BCUT2D eigenvalue weighted by Crippen LogP contribution is 2.09. The van der Waals surface area contributed by atoms with Gasteiger partial charge in [-0.3, -0.25) is 14.1 Å². The Bertz CT molecular complexity index is 659. The predicted octanol–water partition coefficient (Wildman–Crippen LogP) is 0.525. The van der Waals surface area contributed by atoms with E-state index in [2.05, 4.69) is 4.98 Å². The molecule has 0 fully saturated rings. The van der Waals surface area contributed by atoms with Gasteiger partial charge in [-0.05, 0) is 18.6 Å². The Morgan fingerprint density at radius 1 is 1.24 bits per heavy atom. The highest BCUT2D eigenvalue weighted by Gasteiger charge is 2.09. The van der Waals surface area contributed by atoms with Crippen molar-refractivity contribution in [3.8, 4) is 0 Å². The summed E-state index contributed by atoms with van der Waals surface area (Å²) >= 11 is 5.87. The van der Waals surface area contributed by atoms with Gasteiger partial charge < -0.3 is 10.2 Å². The van der Waals surface area contributed by atoms with Gasteiger partial charge in [-0.25, -0.2) is 4.98 Å². The number of fused-ring (bicyclic) bond motifs is 1. The van der Waals surface area contributed by atoms with E-state index in [-0.39, 0.29) is 18.8 Å². The molecule has 0 saturated heterocycles. The molecule has 0 radical (unpaired) electrons. The third-order valence-corrected chi connectivity index (χ3v) is 3.33. The van der Waals surface area contributed by atoms with Gasteiger partial charge in [0.2, 0.25) is 0 Å². The Kier molecular flexibility index (Phi) is 5.69. The summed E-state index contributed by atoms with van der Waals surface area (Å²) in [7, 11) is 0. The number of aliphatic hydroxyl groups is 2. The average Bonchev–Trinajstić information content (AvgIpc) is 2.46. The lowest BCUT2D eigenvalue weighted by Gasteiger charge is -2.20. The molecule has 0 saturated carbocycles. The maximum absolute atomic E-state index is 12.1. The van der Waals surface area contributed by atoms with Gasteiger partial charge >= 0.3 is 0 Å². The third-order valence-electron chi connectivity index (χ3n) is 3.11. The molecule has 2 rings (SSSR count). The van der Waals surface area contributed by atoms with Crippen LogP contribution in [0.2, 0.25) is 5.02 Å². The van der Waals surface area contributed by atoms with E-state index in [4.69, 9.17) is 21.8 Å². The molecule has 0 unspecified atom stereocenters. The van der Waals surface area contributed by atoms with Gasteiger partial charge in [-0.15, -0.1) is 0 Å². The maximum atomic E-state index is 12.1. The van der Waals surface area contributed by atoms with Crippen molar-refractivity contribution < 1.29 is 10.2 Å². The van der Waals surface area contributed by atoms with Crippen LogP contribution in [-0.2, 0) is 6.54 Å². The summed E-state index contributed by atoms with van der Waals surface area (Å²) in [6.45, 7) is 1.68. The minimum atomic E-state index is -0.191. The van der Waals surface area contributed by atoms with Gasteiger partial charge in [0, 0.05) is 38.5 Å². The summed E-state index contributed by atoms with van der Waals surface area (Å²) in [5.74, 6) is 0. The monoisotopic (exact) mass is 311 g/mol. The molecule has 2 aromatic rings. The molecule has 0 aromatic carbocycles. The normalized spacial score (nSPS) is 11.4.